The summed E-state index contributed by atoms with van der Waals surface area (Å²) in [6.45, 7) is 4.28. The van der Waals surface area contributed by atoms with Crippen molar-refractivity contribution in [3.05, 3.63) is 22.4 Å². The van der Waals surface area contributed by atoms with E-state index in [2.05, 4.69) is 34.7 Å². The van der Waals surface area contributed by atoms with Crippen LogP contribution in [0.4, 0.5) is 0 Å². The lowest BCUT2D eigenvalue weighted by atomic mass is 10.1. The van der Waals surface area contributed by atoms with Gasteiger partial charge in [-0.1, -0.05) is 13.0 Å². The van der Waals surface area contributed by atoms with E-state index in [0.29, 0.717) is 19.0 Å². The number of carbonyl (C=O) groups excluding carboxylic acids is 1. The molecule has 1 aromatic rings. The zero-order valence-corrected chi connectivity index (χ0v) is 13.0. The van der Waals surface area contributed by atoms with Crippen LogP contribution in [0.15, 0.2) is 17.5 Å². The summed E-state index contributed by atoms with van der Waals surface area (Å²) in [7, 11) is 0. The van der Waals surface area contributed by atoms with Gasteiger partial charge in [0, 0.05) is 43.0 Å². The maximum Gasteiger partial charge on any atom is 0.221 e. The monoisotopic (exact) mass is 295 g/mol. The molecule has 3 N–H and O–H groups in total. The van der Waals surface area contributed by atoms with Crippen LogP contribution in [0.5, 0.6) is 0 Å². The minimum absolute atomic E-state index is 0.124. The van der Waals surface area contributed by atoms with Gasteiger partial charge < -0.3 is 11.1 Å². The molecule has 1 aliphatic rings. The number of hydrogen-bond acceptors (Lipinski definition) is 4. The highest BCUT2D eigenvalue weighted by molar-refractivity contribution is 7.09. The van der Waals surface area contributed by atoms with Gasteiger partial charge in [-0.05, 0) is 30.7 Å². The summed E-state index contributed by atoms with van der Waals surface area (Å²) >= 11 is 1.77. The molecular weight excluding hydrogens is 270 g/mol. The highest BCUT2D eigenvalue weighted by Gasteiger charge is 2.34. The van der Waals surface area contributed by atoms with Crippen molar-refractivity contribution in [3.63, 3.8) is 0 Å². The van der Waals surface area contributed by atoms with E-state index in [0.717, 1.165) is 19.5 Å². The van der Waals surface area contributed by atoms with Gasteiger partial charge in [0.25, 0.3) is 0 Å². The second-order valence-corrected chi connectivity index (χ2v) is 6.46. The quantitative estimate of drug-likeness (QED) is 0.732. The van der Waals surface area contributed by atoms with Crippen LogP contribution in [-0.4, -0.2) is 36.0 Å². The van der Waals surface area contributed by atoms with E-state index in [1.807, 2.05) is 0 Å². The molecule has 0 radical (unpaired) electrons. The van der Waals surface area contributed by atoms with Crippen LogP contribution >= 0.6 is 11.3 Å². The molecule has 5 heteroatoms. The Hall–Kier alpha value is -0.910. The Labute approximate surface area is 125 Å². The van der Waals surface area contributed by atoms with Crippen LogP contribution in [0.2, 0.25) is 0 Å². The standard InChI is InChI=1S/C15H25N3OS/c1-2-7-17-15(19)9-13(10-16)18(12-5-6-12)11-14-4-3-8-20-14/h3-4,8,12-13H,2,5-7,9-11,16H2,1H3,(H,17,19). The fourth-order valence-electron chi connectivity index (χ4n) is 2.43. The van der Waals surface area contributed by atoms with E-state index in [1.165, 1.54) is 17.7 Å². The topological polar surface area (TPSA) is 58.4 Å². The van der Waals surface area contributed by atoms with Gasteiger partial charge in [0.1, 0.15) is 0 Å². The minimum Gasteiger partial charge on any atom is -0.356 e. The van der Waals surface area contributed by atoms with Crippen molar-refractivity contribution in [1.82, 2.24) is 10.2 Å². The Bertz CT molecular complexity index is 403. The third kappa shape index (κ3) is 4.58. The Balaban J connectivity index is 1.92. The summed E-state index contributed by atoms with van der Waals surface area (Å²) in [5.74, 6) is 0.124. The highest BCUT2D eigenvalue weighted by Crippen LogP contribution is 2.31. The molecule has 1 unspecified atom stereocenters. The number of nitrogens with zero attached hydrogens (tertiary/aromatic N) is 1. The second kappa shape index (κ2) is 7.76. The van der Waals surface area contributed by atoms with E-state index < -0.39 is 0 Å². The fraction of sp³-hybridized carbons (Fsp3) is 0.667. The molecule has 0 aromatic carbocycles. The number of rotatable bonds is 9. The van der Waals surface area contributed by atoms with Crippen molar-refractivity contribution in [2.75, 3.05) is 13.1 Å². The molecule has 0 aliphatic heterocycles. The summed E-state index contributed by atoms with van der Waals surface area (Å²) in [4.78, 5) is 15.7. The molecule has 20 heavy (non-hydrogen) atoms. The fourth-order valence-corrected chi connectivity index (χ4v) is 3.14. The SMILES string of the molecule is CCCNC(=O)CC(CN)N(Cc1cccs1)C1CC1. The van der Waals surface area contributed by atoms with Crippen molar-refractivity contribution in [1.29, 1.82) is 0 Å². The second-order valence-electron chi connectivity index (χ2n) is 5.43. The normalized spacial score (nSPS) is 16.4. The molecule has 1 saturated carbocycles. The van der Waals surface area contributed by atoms with Gasteiger partial charge in [-0.2, -0.15) is 0 Å². The first-order valence-electron chi connectivity index (χ1n) is 7.49. The molecule has 2 rings (SSSR count). The predicted octanol–water partition coefficient (Wildman–Crippen LogP) is 1.96. The number of hydrogen-bond donors (Lipinski definition) is 2. The molecule has 1 amide bonds. The Morgan fingerprint density at radius 2 is 2.40 bits per heavy atom. The van der Waals surface area contributed by atoms with Gasteiger partial charge in [0.05, 0.1) is 0 Å². The lowest BCUT2D eigenvalue weighted by Crippen LogP contribution is -2.44. The minimum atomic E-state index is 0.124. The summed E-state index contributed by atoms with van der Waals surface area (Å²) in [5.41, 5.74) is 5.93. The van der Waals surface area contributed by atoms with Crippen LogP contribution in [0.3, 0.4) is 0 Å². The lowest BCUT2D eigenvalue weighted by Gasteiger charge is -2.30. The van der Waals surface area contributed by atoms with Crippen molar-refractivity contribution in [2.45, 2.75) is 51.2 Å². The van der Waals surface area contributed by atoms with Gasteiger partial charge in [0.15, 0.2) is 0 Å². The van der Waals surface area contributed by atoms with E-state index in [4.69, 9.17) is 5.73 Å². The molecule has 1 aromatic heterocycles. The van der Waals surface area contributed by atoms with Crippen molar-refractivity contribution >= 4 is 17.2 Å². The maximum absolute atomic E-state index is 11.9. The van der Waals surface area contributed by atoms with Gasteiger partial charge in [-0.25, -0.2) is 0 Å². The first-order chi connectivity index (χ1) is 9.74. The maximum atomic E-state index is 11.9. The molecule has 1 fully saturated rings. The van der Waals surface area contributed by atoms with E-state index in [9.17, 15) is 4.79 Å². The largest absolute Gasteiger partial charge is 0.356 e. The van der Waals surface area contributed by atoms with Crippen molar-refractivity contribution < 1.29 is 4.79 Å². The first kappa shape index (κ1) is 15.5. The van der Waals surface area contributed by atoms with Gasteiger partial charge in [-0.3, -0.25) is 9.69 Å². The lowest BCUT2D eigenvalue weighted by molar-refractivity contribution is -0.122. The molecule has 0 bridgehead atoms. The average Bonchev–Trinajstić information content (AvgIpc) is 3.17. The van der Waals surface area contributed by atoms with E-state index in [-0.39, 0.29) is 11.9 Å². The van der Waals surface area contributed by atoms with Crippen LogP contribution in [0.25, 0.3) is 0 Å². The van der Waals surface area contributed by atoms with Gasteiger partial charge >= 0.3 is 0 Å². The Morgan fingerprint density at radius 1 is 1.60 bits per heavy atom. The molecule has 0 spiro atoms. The van der Waals surface area contributed by atoms with Crippen molar-refractivity contribution in [2.24, 2.45) is 5.73 Å². The molecule has 1 heterocycles. The van der Waals surface area contributed by atoms with Gasteiger partial charge in [-0.15, -0.1) is 11.3 Å². The molecule has 0 saturated heterocycles. The number of nitrogens with two attached hydrogens (primary N) is 1. The molecule has 112 valence electrons. The number of amides is 1. The number of thiophene rings is 1. The molecule has 4 nitrogen and oxygen atoms in total. The average molecular weight is 295 g/mol. The Morgan fingerprint density at radius 3 is 2.95 bits per heavy atom. The molecular formula is C15H25N3OS. The zero-order chi connectivity index (χ0) is 14.4. The zero-order valence-electron chi connectivity index (χ0n) is 12.2. The van der Waals surface area contributed by atoms with E-state index in [1.54, 1.807) is 11.3 Å². The summed E-state index contributed by atoms with van der Waals surface area (Å²) in [6.07, 6.45) is 3.95. The summed E-state index contributed by atoms with van der Waals surface area (Å²) < 4.78 is 0. The third-order valence-corrected chi connectivity index (χ3v) is 4.53. The highest BCUT2D eigenvalue weighted by atomic mass is 32.1. The molecule has 1 atom stereocenters. The number of nitrogens with one attached hydrogen (secondary N) is 1. The van der Waals surface area contributed by atoms with E-state index >= 15 is 0 Å². The van der Waals surface area contributed by atoms with Crippen LogP contribution in [0, 0.1) is 0 Å². The summed E-state index contributed by atoms with van der Waals surface area (Å²) in [6, 6.07) is 5.01. The first-order valence-corrected chi connectivity index (χ1v) is 8.37. The number of carbonyl (C=O) groups is 1. The van der Waals surface area contributed by atoms with Crippen molar-refractivity contribution in [3.8, 4) is 0 Å². The van der Waals surface area contributed by atoms with Crippen LogP contribution in [-0.2, 0) is 11.3 Å². The van der Waals surface area contributed by atoms with Gasteiger partial charge in [0.2, 0.25) is 5.91 Å². The predicted molar refractivity (Wildman–Crippen MR) is 83.6 cm³/mol. The van der Waals surface area contributed by atoms with Crippen LogP contribution < -0.4 is 11.1 Å². The van der Waals surface area contributed by atoms with Crippen LogP contribution in [0.1, 0.15) is 37.5 Å². The third-order valence-electron chi connectivity index (χ3n) is 3.67. The summed E-state index contributed by atoms with van der Waals surface area (Å²) in [5, 5.41) is 5.05. The Kier molecular flexibility index (Phi) is 6.01. The molecule has 1 aliphatic carbocycles. The smallest absolute Gasteiger partial charge is 0.221 e.